The molecule has 12 heavy (non-hydrogen) atoms. The van der Waals surface area contributed by atoms with Crippen LogP contribution < -0.4 is 0 Å². The summed E-state index contributed by atoms with van der Waals surface area (Å²) in [5, 5.41) is 0. The molecule has 0 rings (SSSR count). The van der Waals surface area contributed by atoms with Crippen molar-refractivity contribution < 1.29 is 0 Å². The van der Waals surface area contributed by atoms with Gasteiger partial charge < -0.3 is 0 Å². The van der Waals surface area contributed by atoms with E-state index in [2.05, 4.69) is 25.4 Å². The van der Waals surface area contributed by atoms with Crippen molar-refractivity contribution in [3.05, 3.63) is 23.9 Å². The Hall–Kier alpha value is -0.850. The van der Waals surface area contributed by atoms with Crippen molar-refractivity contribution in [2.24, 2.45) is 4.99 Å². The molecule has 68 valence electrons. The van der Waals surface area contributed by atoms with Crippen LogP contribution in [0, 0.1) is 0 Å². The van der Waals surface area contributed by atoms with Crippen LogP contribution in [-0.4, -0.2) is 5.71 Å². The fourth-order valence-corrected chi connectivity index (χ4v) is 1.11. The Balaban J connectivity index is 4.22. The van der Waals surface area contributed by atoms with Crippen LogP contribution in [0.4, 0.5) is 0 Å². The number of hydrogen-bond acceptors (Lipinski definition) is 1. The molecule has 0 aromatic heterocycles. The molecule has 0 fully saturated rings. The van der Waals surface area contributed by atoms with Crippen LogP contribution in [0.25, 0.3) is 0 Å². The van der Waals surface area contributed by atoms with Crippen LogP contribution in [0.5, 0.6) is 0 Å². The van der Waals surface area contributed by atoms with Gasteiger partial charge in [-0.3, -0.25) is 4.99 Å². The highest BCUT2D eigenvalue weighted by molar-refractivity contribution is 5.82. The molecule has 0 aromatic rings. The largest absolute Gasteiger partial charge is 0.263 e. The maximum Gasteiger partial charge on any atom is 0.0374 e. The zero-order valence-electron chi connectivity index (χ0n) is 8.65. The maximum atomic E-state index is 4.42. The van der Waals surface area contributed by atoms with Gasteiger partial charge >= 0.3 is 0 Å². The number of hydrogen-bond donors (Lipinski definition) is 0. The van der Waals surface area contributed by atoms with Crippen molar-refractivity contribution in [3.8, 4) is 0 Å². The SMILES string of the molecule is C=C(C)/C=C(/C)N=C(C)CCC. The number of nitrogens with zero attached hydrogens (tertiary/aromatic N) is 1. The summed E-state index contributed by atoms with van der Waals surface area (Å²) in [6.45, 7) is 12.0. The van der Waals surface area contributed by atoms with Gasteiger partial charge in [-0.25, -0.2) is 0 Å². The van der Waals surface area contributed by atoms with E-state index in [1.165, 1.54) is 5.71 Å². The van der Waals surface area contributed by atoms with Crippen molar-refractivity contribution in [1.82, 2.24) is 0 Å². The second kappa shape index (κ2) is 5.76. The predicted octanol–water partition coefficient (Wildman–Crippen LogP) is 3.73. The Morgan fingerprint density at radius 2 is 1.92 bits per heavy atom. The van der Waals surface area contributed by atoms with Gasteiger partial charge in [-0.05, 0) is 33.3 Å². The van der Waals surface area contributed by atoms with Gasteiger partial charge in [0.1, 0.15) is 0 Å². The lowest BCUT2D eigenvalue weighted by atomic mass is 10.2. The molecule has 0 aliphatic carbocycles. The van der Waals surface area contributed by atoms with E-state index in [4.69, 9.17) is 0 Å². The second-order valence-corrected chi connectivity index (χ2v) is 3.23. The zero-order chi connectivity index (χ0) is 9.56. The molecule has 0 saturated heterocycles. The summed E-state index contributed by atoms with van der Waals surface area (Å²) in [4.78, 5) is 4.42. The minimum Gasteiger partial charge on any atom is -0.263 e. The smallest absolute Gasteiger partial charge is 0.0374 e. The van der Waals surface area contributed by atoms with E-state index in [0.29, 0.717) is 0 Å². The van der Waals surface area contributed by atoms with Crippen molar-refractivity contribution in [1.29, 1.82) is 0 Å². The lowest BCUT2D eigenvalue weighted by molar-refractivity contribution is 0.983. The minimum atomic E-state index is 1.05. The molecule has 0 aliphatic rings. The Bertz CT molecular complexity index is 209. The molecule has 0 N–H and O–H groups in total. The van der Waals surface area contributed by atoms with Crippen LogP contribution >= 0.6 is 0 Å². The first-order valence-corrected chi connectivity index (χ1v) is 4.44. The monoisotopic (exact) mass is 165 g/mol. The van der Waals surface area contributed by atoms with E-state index in [9.17, 15) is 0 Å². The second-order valence-electron chi connectivity index (χ2n) is 3.23. The molecule has 0 saturated carbocycles. The average molecular weight is 165 g/mol. The molecular weight excluding hydrogens is 146 g/mol. The molecule has 0 radical (unpaired) electrons. The van der Waals surface area contributed by atoms with Crippen molar-refractivity contribution in [3.63, 3.8) is 0 Å². The van der Waals surface area contributed by atoms with Crippen molar-refractivity contribution >= 4 is 5.71 Å². The van der Waals surface area contributed by atoms with Gasteiger partial charge in [0.25, 0.3) is 0 Å². The summed E-state index contributed by atoms with van der Waals surface area (Å²) < 4.78 is 0. The van der Waals surface area contributed by atoms with Crippen molar-refractivity contribution in [2.45, 2.75) is 40.5 Å². The molecule has 0 heterocycles. The summed E-state index contributed by atoms with van der Waals surface area (Å²) in [5.74, 6) is 0. The van der Waals surface area contributed by atoms with Crippen LogP contribution in [0.3, 0.4) is 0 Å². The molecule has 0 amide bonds. The molecule has 1 nitrogen and oxygen atoms in total. The van der Waals surface area contributed by atoms with Crippen LogP contribution in [0.2, 0.25) is 0 Å². The highest BCUT2D eigenvalue weighted by atomic mass is 14.7. The summed E-state index contributed by atoms with van der Waals surface area (Å²) in [7, 11) is 0. The minimum absolute atomic E-state index is 1.05. The first kappa shape index (κ1) is 11.2. The van der Waals surface area contributed by atoms with Crippen LogP contribution in [-0.2, 0) is 0 Å². The third kappa shape index (κ3) is 5.90. The quantitative estimate of drug-likeness (QED) is 0.444. The molecule has 0 aromatic carbocycles. The average Bonchev–Trinajstić information content (AvgIpc) is 1.84. The molecule has 1 heteroatoms. The Morgan fingerprint density at radius 3 is 2.33 bits per heavy atom. The van der Waals surface area contributed by atoms with E-state index < -0.39 is 0 Å². The van der Waals surface area contributed by atoms with E-state index in [1.54, 1.807) is 0 Å². The van der Waals surface area contributed by atoms with E-state index in [-0.39, 0.29) is 0 Å². The normalized spacial score (nSPS) is 13.3. The first-order chi connectivity index (χ1) is 5.56. The fraction of sp³-hybridized carbons (Fsp3) is 0.545. The Labute approximate surface area is 75.9 Å². The molecule has 0 atom stereocenters. The van der Waals surface area contributed by atoms with Gasteiger partial charge in [-0.1, -0.05) is 25.5 Å². The van der Waals surface area contributed by atoms with Crippen LogP contribution in [0.1, 0.15) is 40.5 Å². The van der Waals surface area contributed by atoms with Gasteiger partial charge in [-0.15, -0.1) is 0 Å². The third-order valence-electron chi connectivity index (χ3n) is 1.43. The first-order valence-electron chi connectivity index (χ1n) is 4.44. The predicted molar refractivity (Wildman–Crippen MR) is 56.6 cm³/mol. The van der Waals surface area contributed by atoms with E-state index in [1.807, 2.05) is 19.9 Å². The summed E-state index contributed by atoms with van der Waals surface area (Å²) in [5.41, 5.74) is 3.31. The van der Waals surface area contributed by atoms with Gasteiger partial charge in [0.2, 0.25) is 0 Å². The standard InChI is InChI=1S/C11H19N/c1-6-7-10(4)12-11(5)8-9(2)3/h8H,2,6-7H2,1,3-5H3/b11-8-,12-10?. The lowest BCUT2D eigenvalue weighted by Gasteiger charge is -1.97. The summed E-state index contributed by atoms with van der Waals surface area (Å²) >= 11 is 0. The van der Waals surface area contributed by atoms with Crippen LogP contribution in [0.15, 0.2) is 28.9 Å². The zero-order valence-corrected chi connectivity index (χ0v) is 8.65. The van der Waals surface area contributed by atoms with Gasteiger partial charge in [0.15, 0.2) is 0 Å². The summed E-state index contributed by atoms with van der Waals surface area (Å²) in [6, 6.07) is 0. The number of allylic oxidation sites excluding steroid dienone is 3. The number of rotatable bonds is 4. The topological polar surface area (TPSA) is 12.4 Å². The molecule has 0 aliphatic heterocycles. The number of aliphatic imine (C=N–C) groups is 1. The van der Waals surface area contributed by atoms with E-state index >= 15 is 0 Å². The maximum absolute atomic E-state index is 4.42. The van der Waals surface area contributed by atoms with Gasteiger partial charge in [0.05, 0.1) is 0 Å². The fourth-order valence-electron chi connectivity index (χ4n) is 1.11. The highest BCUT2D eigenvalue weighted by Crippen LogP contribution is 2.03. The van der Waals surface area contributed by atoms with Crippen molar-refractivity contribution in [2.75, 3.05) is 0 Å². The third-order valence-corrected chi connectivity index (χ3v) is 1.43. The highest BCUT2D eigenvalue weighted by Gasteiger charge is 1.89. The van der Waals surface area contributed by atoms with E-state index in [0.717, 1.165) is 24.1 Å². The lowest BCUT2D eigenvalue weighted by Crippen LogP contribution is -1.89. The van der Waals surface area contributed by atoms with Gasteiger partial charge in [0, 0.05) is 11.4 Å². The Kier molecular flexibility index (Phi) is 5.35. The molecular formula is C11H19N. The molecule has 0 spiro atoms. The Morgan fingerprint density at radius 1 is 1.33 bits per heavy atom. The molecule has 0 unspecified atom stereocenters. The van der Waals surface area contributed by atoms with Gasteiger partial charge in [-0.2, -0.15) is 0 Å². The summed E-state index contributed by atoms with van der Waals surface area (Å²) in [6.07, 6.45) is 4.25. The molecule has 0 bridgehead atoms.